The molecule has 2 unspecified atom stereocenters. The summed E-state index contributed by atoms with van der Waals surface area (Å²) in [4.78, 5) is 11.3. The second-order valence-corrected chi connectivity index (χ2v) is 4.18. The van der Waals surface area contributed by atoms with E-state index in [1.807, 2.05) is 18.2 Å². The van der Waals surface area contributed by atoms with Gasteiger partial charge >= 0.3 is 5.97 Å². The maximum atomic E-state index is 11.3. The molecule has 0 saturated carbocycles. The van der Waals surface area contributed by atoms with E-state index in [2.05, 4.69) is 0 Å². The summed E-state index contributed by atoms with van der Waals surface area (Å²) in [6, 6.07) is 7.25. The van der Waals surface area contributed by atoms with Crippen LogP contribution in [0.5, 0.6) is 5.75 Å². The van der Waals surface area contributed by atoms with Crippen molar-refractivity contribution in [3.05, 3.63) is 29.8 Å². The Morgan fingerprint density at radius 2 is 2.41 bits per heavy atom. The van der Waals surface area contributed by atoms with Crippen LogP contribution in [0.4, 0.5) is 0 Å². The molecule has 0 aliphatic carbocycles. The Kier molecular flexibility index (Phi) is 3.64. The van der Waals surface area contributed by atoms with Crippen LogP contribution < -0.4 is 4.74 Å². The Balaban J connectivity index is 2.03. The molecule has 1 saturated heterocycles. The molecule has 1 fully saturated rings. The zero-order valence-electron chi connectivity index (χ0n) is 9.76. The predicted molar refractivity (Wildman–Crippen MR) is 61.6 cm³/mol. The molecule has 1 aromatic rings. The first-order valence-electron chi connectivity index (χ1n) is 5.69. The lowest BCUT2D eigenvalue weighted by atomic mass is 9.96. The number of esters is 1. The van der Waals surface area contributed by atoms with Gasteiger partial charge in [0.1, 0.15) is 5.75 Å². The van der Waals surface area contributed by atoms with Gasteiger partial charge in [0.05, 0.1) is 25.7 Å². The predicted octanol–water partition coefficient (Wildman–Crippen LogP) is 1.68. The van der Waals surface area contributed by atoms with E-state index in [1.165, 1.54) is 0 Å². The van der Waals surface area contributed by atoms with E-state index in [4.69, 9.17) is 9.47 Å². The molecule has 4 heteroatoms. The smallest absolute Gasteiger partial charge is 0.309 e. The third-order valence-corrected chi connectivity index (χ3v) is 3.03. The summed E-state index contributed by atoms with van der Waals surface area (Å²) in [5, 5.41) is 10.1. The molecule has 2 rings (SSSR count). The first kappa shape index (κ1) is 11.9. The van der Waals surface area contributed by atoms with Crippen LogP contribution in [-0.4, -0.2) is 24.8 Å². The lowest BCUT2D eigenvalue weighted by molar-refractivity contribution is -0.142. The first-order chi connectivity index (χ1) is 8.20. The number of cyclic esters (lactones) is 1. The Morgan fingerprint density at radius 3 is 3.06 bits per heavy atom. The molecular weight excluding hydrogens is 220 g/mol. The van der Waals surface area contributed by atoms with E-state index in [0.29, 0.717) is 25.2 Å². The molecule has 17 heavy (non-hydrogen) atoms. The van der Waals surface area contributed by atoms with Crippen LogP contribution in [-0.2, 0) is 9.53 Å². The Hall–Kier alpha value is -1.55. The average molecular weight is 236 g/mol. The highest BCUT2D eigenvalue weighted by Gasteiger charge is 2.29. The normalized spacial score (nSPS) is 21.1. The minimum absolute atomic E-state index is 0.184. The summed E-state index contributed by atoms with van der Waals surface area (Å²) in [6.45, 7) is 0.467. The molecule has 0 aromatic heterocycles. The fourth-order valence-electron chi connectivity index (χ4n) is 2.01. The number of rotatable bonds is 4. The van der Waals surface area contributed by atoms with Crippen molar-refractivity contribution >= 4 is 5.97 Å². The fraction of sp³-hybridized carbons (Fsp3) is 0.462. The maximum Gasteiger partial charge on any atom is 0.309 e. The number of carbonyl (C=O) groups is 1. The highest BCUT2D eigenvalue weighted by molar-refractivity contribution is 5.74. The highest BCUT2D eigenvalue weighted by atomic mass is 16.5. The molecule has 0 radical (unpaired) electrons. The molecule has 92 valence electrons. The summed E-state index contributed by atoms with van der Waals surface area (Å²) in [5.74, 6) is 0.318. The Labute approximate surface area is 100 Å². The van der Waals surface area contributed by atoms with Crippen molar-refractivity contribution in [2.45, 2.75) is 18.9 Å². The fourth-order valence-corrected chi connectivity index (χ4v) is 2.01. The van der Waals surface area contributed by atoms with Gasteiger partial charge in [0, 0.05) is 0 Å². The van der Waals surface area contributed by atoms with E-state index < -0.39 is 6.10 Å². The largest absolute Gasteiger partial charge is 0.497 e. The Bertz CT molecular complexity index is 402. The van der Waals surface area contributed by atoms with Crippen molar-refractivity contribution in [1.82, 2.24) is 0 Å². The second kappa shape index (κ2) is 5.19. The number of aliphatic hydroxyl groups is 1. The van der Waals surface area contributed by atoms with Crippen LogP contribution in [0, 0.1) is 5.92 Å². The third-order valence-electron chi connectivity index (χ3n) is 3.03. The van der Waals surface area contributed by atoms with Crippen LogP contribution in [0.25, 0.3) is 0 Å². The number of methoxy groups -OCH3 is 1. The van der Waals surface area contributed by atoms with Crippen molar-refractivity contribution in [3.8, 4) is 5.75 Å². The standard InChI is InChI=1S/C13H16O4/c1-16-11-4-2-3-9(7-11)12(14)8-10-5-6-17-13(10)15/h2-4,7,10,12,14H,5-6,8H2,1H3. The molecule has 0 bridgehead atoms. The van der Waals surface area contributed by atoms with E-state index in [-0.39, 0.29) is 11.9 Å². The Morgan fingerprint density at radius 1 is 1.59 bits per heavy atom. The number of hydrogen-bond donors (Lipinski definition) is 1. The van der Waals surface area contributed by atoms with Crippen LogP contribution in [0.3, 0.4) is 0 Å². The minimum atomic E-state index is -0.652. The van der Waals surface area contributed by atoms with Gasteiger partial charge in [-0.15, -0.1) is 0 Å². The van der Waals surface area contributed by atoms with Crippen molar-refractivity contribution in [1.29, 1.82) is 0 Å². The molecule has 2 atom stereocenters. The summed E-state index contributed by atoms with van der Waals surface area (Å²) in [7, 11) is 1.58. The number of ether oxygens (including phenoxy) is 2. The van der Waals surface area contributed by atoms with Crippen LogP contribution in [0.2, 0.25) is 0 Å². The topological polar surface area (TPSA) is 55.8 Å². The number of carbonyl (C=O) groups excluding carboxylic acids is 1. The van der Waals surface area contributed by atoms with Gasteiger partial charge in [-0.2, -0.15) is 0 Å². The number of benzene rings is 1. The van der Waals surface area contributed by atoms with Gasteiger partial charge in [-0.25, -0.2) is 0 Å². The quantitative estimate of drug-likeness (QED) is 0.808. The summed E-state index contributed by atoms with van der Waals surface area (Å²) in [5.41, 5.74) is 0.768. The minimum Gasteiger partial charge on any atom is -0.497 e. The lowest BCUT2D eigenvalue weighted by Crippen LogP contribution is -2.12. The molecule has 1 aliphatic heterocycles. The molecule has 1 N–H and O–H groups in total. The molecule has 1 heterocycles. The third kappa shape index (κ3) is 2.77. The summed E-state index contributed by atoms with van der Waals surface area (Å²) < 4.78 is 9.97. The van der Waals surface area contributed by atoms with Gasteiger partial charge in [-0.1, -0.05) is 12.1 Å². The molecule has 4 nitrogen and oxygen atoms in total. The average Bonchev–Trinajstić information content (AvgIpc) is 2.75. The summed E-state index contributed by atoms with van der Waals surface area (Å²) >= 11 is 0. The summed E-state index contributed by atoms with van der Waals surface area (Å²) in [6.07, 6.45) is 0.451. The number of aliphatic hydroxyl groups excluding tert-OH is 1. The zero-order valence-corrected chi connectivity index (χ0v) is 9.76. The van der Waals surface area contributed by atoms with Crippen molar-refractivity contribution < 1.29 is 19.4 Å². The van der Waals surface area contributed by atoms with Crippen molar-refractivity contribution in [2.24, 2.45) is 5.92 Å². The maximum absolute atomic E-state index is 11.3. The van der Waals surface area contributed by atoms with Crippen molar-refractivity contribution in [2.75, 3.05) is 13.7 Å². The number of hydrogen-bond acceptors (Lipinski definition) is 4. The SMILES string of the molecule is COc1cccc(C(O)CC2CCOC2=O)c1. The first-order valence-corrected chi connectivity index (χ1v) is 5.69. The van der Waals surface area contributed by atoms with Crippen LogP contribution >= 0.6 is 0 Å². The lowest BCUT2D eigenvalue weighted by Gasteiger charge is -2.14. The van der Waals surface area contributed by atoms with E-state index in [0.717, 1.165) is 5.56 Å². The molecule has 1 aromatic carbocycles. The molecule has 0 amide bonds. The van der Waals surface area contributed by atoms with Gasteiger partial charge in [-0.3, -0.25) is 4.79 Å². The van der Waals surface area contributed by atoms with Gasteiger partial charge < -0.3 is 14.6 Å². The van der Waals surface area contributed by atoms with Crippen LogP contribution in [0.15, 0.2) is 24.3 Å². The van der Waals surface area contributed by atoms with Crippen LogP contribution in [0.1, 0.15) is 24.5 Å². The van der Waals surface area contributed by atoms with Gasteiger partial charge in [0.2, 0.25) is 0 Å². The van der Waals surface area contributed by atoms with Crippen molar-refractivity contribution in [3.63, 3.8) is 0 Å². The van der Waals surface area contributed by atoms with E-state index >= 15 is 0 Å². The molecular formula is C13H16O4. The zero-order chi connectivity index (χ0) is 12.3. The molecule has 1 aliphatic rings. The molecule has 0 spiro atoms. The highest BCUT2D eigenvalue weighted by Crippen LogP contribution is 2.28. The monoisotopic (exact) mass is 236 g/mol. The second-order valence-electron chi connectivity index (χ2n) is 4.18. The van der Waals surface area contributed by atoms with Gasteiger partial charge in [0.25, 0.3) is 0 Å². The van der Waals surface area contributed by atoms with Gasteiger partial charge in [-0.05, 0) is 30.5 Å². The van der Waals surface area contributed by atoms with E-state index in [9.17, 15) is 9.90 Å². The van der Waals surface area contributed by atoms with E-state index in [1.54, 1.807) is 13.2 Å². The van der Waals surface area contributed by atoms with Gasteiger partial charge in [0.15, 0.2) is 0 Å².